The van der Waals surface area contributed by atoms with Gasteiger partial charge in [-0.1, -0.05) is 0 Å². The SMILES string of the molecule is CCOc1cnc(C(=O)OC)c(N)c1. The Morgan fingerprint density at radius 1 is 1.64 bits per heavy atom. The van der Waals surface area contributed by atoms with Crippen molar-refractivity contribution in [2.45, 2.75) is 6.92 Å². The van der Waals surface area contributed by atoms with Crippen LogP contribution in [-0.4, -0.2) is 24.7 Å². The number of carbonyl (C=O) groups excluding carboxylic acids is 1. The van der Waals surface area contributed by atoms with E-state index in [2.05, 4.69) is 9.72 Å². The van der Waals surface area contributed by atoms with E-state index < -0.39 is 5.97 Å². The molecular formula is C9H12N2O3. The molecule has 1 heterocycles. The predicted molar refractivity (Wildman–Crippen MR) is 51.2 cm³/mol. The molecule has 0 bridgehead atoms. The Hall–Kier alpha value is -1.78. The van der Waals surface area contributed by atoms with E-state index in [9.17, 15) is 4.79 Å². The fourth-order valence-corrected chi connectivity index (χ4v) is 0.974. The number of rotatable bonds is 3. The Bertz CT molecular complexity index is 339. The van der Waals surface area contributed by atoms with Crippen LogP contribution < -0.4 is 10.5 Å². The summed E-state index contributed by atoms with van der Waals surface area (Å²) in [7, 11) is 1.28. The van der Waals surface area contributed by atoms with E-state index in [0.29, 0.717) is 12.4 Å². The van der Waals surface area contributed by atoms with E-state index in [4.69, 9.17) is 10.5 Å². The first-order valence-electron chi connectivity index (χ1n) is 4.15. The van der Waals surface area contributed by atoms with E-state index in [0.717, 1.165) is 0 Å². The molecule has 5 nitrogen and oxygen atoms in total. The molecule has 0 saturated heterocycles. The summed E-state index contributed by atoms with van der Waals surface area (Å²) in [6.45, 7) is 2.38. The molecule has 2 N–H and O–H groups in total. The first-order valence-corrected chi connectivity index (χ1v) is 4.15. The minimum atomic E-state index is -0.550. The molecule has 0 radical (unpaired) electrons. The van der Waals surface area contributed by atoms with Crippen LogP contribution in [0.1, 0.15) is 17.4 Å². The highest BCUT2D eigenvalue weighted by Crippen LogP contribution is 2.17. The van der Waals surface area contributed by atoms with Gasteiger partial charge >= 0.3 is 5.97 Å². The molecule has 1 rings (SSSR count). The molecule has 14 heavy (non-hydrogen) atoms. The molecule has 76 valence electrons. The van der Waals surface area contributed by atoms with Crippen molar-refractivity contribution in [1.29, 1.82) is 0 Å². The smallest absolute Gasteiger partial charge is 0.358 e. The van der Waals surface area contributed by atoms with Gasteiger partial charge in [-0.15, -0.1) is 0 Å². The number of aromatic nitrogens is 1. The number of nitrogens with two attached hydrogens (primary N) is 1. The third-order valence-electron chi connectivity index (χ3n) is 1.58. The van der Waals surface area contributed by atoms with Crippen molar-refractivity contribution < 1.29 is 14.3 Å². The number of carbonyl (C=O) groups is 1. The third-order valence-corrected chi connectivity index (χ3v) is 1.58. The monoisotopic (exact) mass is 196 g/mol. The molecule has 0 amide bonds. The minimum Gasteiger partial charge on any atom is -0.492 e. The lowest BCUT2D eigenvalue weighted by atomic mass is 10.3. The molecule has 0 aliphatic rings. The van der Waals surface area contributed by atoms with Gasteiger partial charge in [0, 0.05) is 6.07 Å². The lowest BCUT2D eigenvalue weighted by Crippen LogP contribution is -2.08. The van der Waals surface area contributed by atoms with E-state index in [1.165, 1.54) is 13.3 Å². The van der Waals surface area contributed by atoms with Gasteiger partial charge in [0.1, 0.15) is 5.75 Å². The molecule has 1 aromatic rings. The number of nitrogens with zero attached hydrogens (tertiary/aromatic N) is 1. The van der Waals surface area contributed by atoms with Crippen LogP contribution in [0.15, 0.2) is 12.3 Å². The van der Waals surface area contributed by atoms with Gasteiger partial charge in [0.2, 0.25) is 0 Å². The quantitative estimate of drug-likeness (QED) is 0.725. The number of hydrogen-bond acceptors (Lipinski definition) is 5. The molecule has 0 aromatic carbocycles. The standard InChI is InChI=1S/C9H12N2O3/c1-3-14-6-4-7(10)8(11-5-6)9(12)13-2/h4-5H,3,10H2,1-2H3. The molecule has 0 spiro atoms. The zero-order valence-corrected chi connectivity index (χ0v) is 8.11. The number of pyridine rings is 1. The van der Waals surface area contributed by atoms with Gasteiger partial charge in [-0.2, -0.15) is 0 Å². The first-order chi connectivity index (χ1) is 6.69. The summed E-state index contributed by atoms with van der Waals surface area (Å²) in [5.74, 6) is -0.0109. The number of esters is 1. The molecular weight excluding hydrogens is 184 g/mol. The molecule has 0 aliphatic heterocycles. The highest BCUT2D eigenvalue weighted by Gasteiger charge is 2.12. The van der Waals surface area contributed by atoms with Crippen molar-refractivity contribution in [3.05, 3.63) is 18.0 Å². The number of anilines is 1. The second-order valence-corrected chi connectivity index (χ2v) is 2.53. The maximum absolute atomic E-state index is 11.1. The van der Waals surface area contributed by atoms with Crippen molar-refractivity contribution in [3.8, 4) is 5.75 Å². The van der Waals surface area contributed by atoms with Gasteiger partial charge in [0.25, 0.3) is 0 Å². The van der Waals surface area contributed by atoms with Crippen LogP contribution in [0.4, 0.5) is 5.69 Å². The minimum absolute atomic E-state index is 0.107. The summed E-state index contributed by atoms with van der Waals surface area (Å²) in [6.07, 6.45) is 1.44. The summed E-state index contributed by atoms with van der Waals surface area (Å²) >= 11 is 0. The number of ether oxygens (including phenoxy) is 2. The predicted octanol–water partition coefficient (Wildman–Crippen LogP) is 0.849. The lowest BCUT2D eigenvalue weighted by Gasteiger charge is -2.05. The normalized spacial score (nSPS) is 9.57. The summed E-state index contributed by atoms with van der Waals surface area (Å²) in [6, 6.07) is 1.54. The van der Waals surface area contributed by atoms with Crippen LogP contribution in [0.25, 0.3) is 0 Å². The van der Waals surface area contributed by atoms with E-state index >= 15 is 0 Å². The highest BCUT2D eigenvalue weighted by atomic mass is 16.5. The molecule has 0 saturated carbocycles. The maximum Gasteiger partial charge on any atom is 0.358 e. The van der Waals surface area contributed by atoms with E-state index in [1.54, 1.807) is 6.07 Å². The fourth-order valence-electron chi connectivity index (χ4n) is 0.974. The Morgan fingerprint density at radius 3 is 2.86 bits per heavy atom. The fraction of sp³-hybridized carbons (Fsp3) is 0.333. The van der Waals surface area contributed by atoms with Crippen LogP contribution >= 0.6 is 0 Å². The second-order valence-electron chi connectivity index (χ2n) is 2.53. The van der Waals surface area contributed by atoms with Crippen molar-refractivity contribution in [2.75, 3.05) is 19.5 Å². The number of hydrogen-bond donors (Lipinski definition) is 1. The van der Waals surface area contributed by atoms with Crippen LogP contribution in [-0.2, 0) is 4.74 Å². The molecule has 0 fully saturated rings. The average Bonchev–Trinajstić information content (AvgIpc) is 2.17. The van der Waals surface area contributed by atoms with Crippen LogP contribution in [0.2, 0.25) is 0 Å². The number of methoxy groups -OCH3 is 1. The summed E-state index contributed by atoms with van der Waals surface area (Å²) in [5, 5.41) is 0. The van der Waals surface area contributed by atoms with Gasteiger partial charge < -0.3 is 15.2 Å². The summed E-state index contributed by atoms with van der Waals surface area (Å²) < 4.78 is 9.66. The molecule has 0 unspecified atom stereocenters. The Kier molecular flexibility index (Phi) is 3.28. The van der Waals surface area contributed by atoms with Crippen molar-refractivity contribution in [1.82, 2.24) is 4.98 Å². The van der Waals surface area contributed by atoms with Crippen LogP contribution in [0, 0.1) is 0 Å². The Labute approximate surface area is 81.8 Å². The largest absolute Gasteiger partial charge is 0.492 e. The van der Waals surface area contributed by atoms with Crippen molar-refractivity contribution in [2.24, 2.45) is 0 Å². The van der Waals surface area contributed by atoms with Crippen molar-refractivity contribution in [3.63, 3.8) is 0 Å². The third kappa shape index (κ3) is 2.12. The van der Waals surface area contributed by atoms with Gasteiger partial charge in [-0.25, -0.2) is 9.78 Å². The molecule has 0 atom stereocenters. The Balaban J connectivity index is 2.95. The van der Waals surface area contributed by atoms with E-state index in [-0.39, 0.29) is 11.4 Å². The lowest BCUT2D eigenvalue weighted by molar-refractivity contribution is 0.0595. The van der Waals surface area contributed by atoms with Gasteiger partial charge in [0.15, 0.2) is 5.69 Å². The zero-order chi connectivity index (χ0) is 10.6. The van der Waals surface area contributed by atoms with Crippen LogP contribution in [0.3, 0.4) is 0 Å². The Morgan fingerprint density at radius 2 is 2.36 bits per heavy atom. The van der Waals surface area contributed by atoms with Gasteiger partial charge in [-0.05, 0) is 6.92 Å². The zero-order valence-electron chi connectivity index (χ0n) is 8.11. The second kappa shape index (κ2) is 4.45. The maximum atomic E-state index is 11.1. The van der Waals surface area contributed by atoms with Gasteiger partial charge in [0.05, 0.1) is 25.6 Å². The molecule has 1 aromatic heterocycles. The van der Waals surface area contributed by atoms with Crippen molar-refractivity contribution >= 4 is 11.7 Å². The number of nitrogen functional groups attached to an aromatic ring is 1. The summed E-state index contributed by atoms with van der Waals surface area (Å²) in [4.78, 5) is 14.9. The highest BCUT2D eigenvalue weighted by molar-refractivity contribution is 5.92. The first kappa shape index (κ1) is 10.3. The molecule has 5 heteroatoms. The topological polar surface area (TPSA) is 74.4 Å². The average molecular weight is 196 g/mol. The van der Waals surface area contributed by atoms with E-state index in [1.807, 2.05) is 6.92 Å². The van der Waals surface area contributed by atoms with Crippen LogP contribution in [0.5, 0.6) is 5.75 Å². The molecule has 0 aliphatic carbocycles. The summed E-state index contributed by atoms with van der Waals surface area (Å²) in [5.41, 5.74) is 5.94. The van der Waals surface area contributed by atoms with Gasteiger partial charge in [-0.3, -0.25) is 0 Å².